The number of halogens is 6. The van der Waals surface area contributed by atoms with E-state index in [0.29, 0.717) is 68.8 Å². The van der Waals surface area contributed by atoms with Gasteiger partial charge in [0.15, 0.2) is 13.5 Å². The fourth-order valence-corrected chi connectivity index (χ4v) is 8.89. The summed E-state index contributed by atoms with van der Waals surface area (Å²) in [5.74, 6) is -2.63. The summed E-state index contributed by atoms with van der Waals surface area (Å²) in [5, 5.41) is 17.2. The molecule has 9 heterocycles. The van der Waals surface area contributed by atoms with Crippen molar-refractivity contribution in [3.8, 4) is 67.8 Å². The number of hydrogen-bond donors (Lipinski definition) is 1. The number of carboxylic acid groups (broad SMARTS) is 1. The highest BCUT2D eigenvalue weighted by Crippen LogP contribution is 2.41. The molecule has 21 nitrogen and oxygen atoms in total. The van der Waals surface area contributed by atoms with E-state index in [1.54, 1.807) is 78.1 Å². The van der Waals surface area contributed by atoms with Gasteiger partial charge in [-0.1, -0.05) is 7.43 Å². The number of carbonyl (C=O) groups excluding carboxylic acids is 3. The molecule has 1 unspecified atom stereocenters. The number of amides is 2. The molecule has 0 saturated carbocycles. The van der Waals surface area contributed by atoms with Crippen LogP contribution in [0.1, 0.15) is 34.6 Å². The zero-order valence-electron chi connectivity index (χ0n) is 40.4. The van der Waals surface area contributed by atoms with Crippen LogP contribution >= 0.6 is 0 Å². The van der Waals surface area contributed by atoms with Crippen molar-refractivity contribution in [2.45, 2.75) is 45.4 Å². The molecule has 2 amide bonds. The molecular weight excluding hydrogens is 1040 g/mol. The maximum absolute atomic E-state index is 12.9. The van der Waals surface area contributed by atoms with Gasteiger partial charge in [0.1, 0.15) is 77.7 Å². The van der Waals surface area contributed by atoms with Crippen molar-refractivity contribution in [1.82, 2.24) is 48.1 Å². The van der Waals surface area contributed by atoms with Crippen LogP contribution in [0.2, 0.25) is 0 Å². The maximum Gasteiger partial charge on any atom is 0.406 e. The Morgan fingerprint density at radius 2 is 1.14 bits per heavy atom. The number of nitrogens with zero attached hydrogens (tertiary/aromatic N) is 10. The zero-order chi connectivity index (χ0) is 54.3. The Balaban J connectivity index is 0.000000189. The predicted octanol–water partition coefficient (Wildman–Crippen LogP) is 7.51. The van der Waals surface area contributed by atoms with Crippen LogP contribution in [0.5, 0.6) is 23.0 Å². The molecule has 11 rings (SSSR count). The smallest absolute Gasteiger partial charge is 0.406 e. The molecule has 78 heavy (non-hydrogen) atoms. The molecule has 1 atom stereocenters. The summed E-state index contributed by atoms with van der Waals surface area (Å²) < 4.78 is 116. The van der Waals surface area contributed by atoms with Crippen LogP contribution in [0, 0.1) is 0 Å². The van der Waals surface area contributed by atoms with E-state index in [-0.39, 0.29) is 66.7 Å². The lowest BCUT2D eigenvalue weighted by Crippen LogP contribution is -2.44. The molecule has 2 aromatic carbocycles. The number of benzene rings is 2. The fourth-order valence-electron chi connectivity index (χ4n) is 8.89. The highest BCUT2D eigenvalue weighted by atomic mass is 19.4. The van der Waals surface area contributed by atoms with E-state index in [4.69, 9.17) is 33.5 Å². The van der Waals surface area contributed by atoms with Crippen molar-refractivity contribution >= 4 is 35.0 Å². The van der Waals surface area contributed by atoms with Gasteiger partial charge in [0.2, 0.25) is 0 Å². The molecule has 27 heteroatoms. The number of rotatable bonds is 13. The van der Waals surface area contributed by atoms with E-state index in [2.05, 4.69) is 20.2 Å². The maximum atomic E-state index is 12.9. The third-order valence-corrected chi connectivity index (χ3v) is 12.4. The summed E-state index contributed by atoms with van der Waals surface area (Å²) in [6, 6.07) is 13.6. The molecule has 1 fully saturated rings. The molecule has 3 aliphatic rings. The van der Waals surface area contributed by atoms with Crippen LogP contribution in [-0.2, 0) is 32.2 Å². The number of carbonyl (C=O) groups is 4. The Bertz CT molecular complexity index is 3550. The second-order valence-corrected chi connectivity index (χ2v) is 17.7. The molecule has 6 aromatic heterocycles. The van der Waals surface area contributed by atoms with Crippen molar-refractivity contribution in [3.63, 3.8) is 0 Å². The van der Waals surface area contributed by atoms with Crippen LogP contribution in [0.3, 0.4) is 0 Å². The van der Waals surface area contributed by atoms with Crippen molar-refractivity contribution in [2.75, 3.05) is 54.0 Å². The van der Waals surface area contributed by atoms with E-state index in [1.165, 1.54) is 23.6 Å². The number of imidazole rings is 2. The number of hydrogen-bond acceptors (Lipinski definition) is 14. The van der Waals surface area contributed by atoms with E-state index >= 15 is 0 Å². The van der Waals surface area contributed by atoms with Crippen LogP contribution in [0.15, 0.2) is 98.1 Å². The topological polar surface area (TPSA) is 221 Å². The van der Waals surface area contributed by atoms with Gasteiger partial charge >= 0.3 is 24.3 Å². The van der Waals surface area contributed by atoms with Gasteiger partial charge in [-0.2, -0.15) is 36.5 Å². The number of alkyl halides is 6. The number of methoxy groups -OCH3 is 2. The molecule has 0 aliphatic carbocycles. The number of ether oxygens (including phenoxy) is 6. The third-order valence-electron chi connectivity index (χ3n) is 12.4. The highest BCUT2D eigenvalue weighted by molar-refractivity contribution is 6.02. The minimum absolute atomic E-state index is 0. The van der Waals surface area contributed by atoms with E-state index < -0.39 is 56.7 Å². The van der Waals surface area contributed by atoms with E-state index in [9.17, 15) is 45.5 Å². The molecule has 0 radical (unpaired) electrons. The van der Waals surface area contributed by atoms with Crippen molar-refractivity contribution in [1.29, 1.82) is 0 Å². The second kappa shape index (κ2) is 21.5. The van der Waals surface area contributed by atoms with Gasteiger partial charge in [-0.25, -0.2) is 9.97 Å². The predicted molar refractivity (Wildman–Crippen MR) is 262 cm³/mol. The van der Waals surface area contributed by atoms with Crippen LogP contribution in [0.25, 0.3) is 56.1 Å². The first kappa shape index (κ1) is 53.7. The summed E-state index contributed by atoms with van der Waals surface area (Å²) in [7, 11) is 2.65. The lowest BCUT2D eigenvalue weighted by molar-refractivity contribution is -0.150. The number of aliphatic carboxylic acids is 1. The van der Waals surface area contributed by atoms with Gasteiger partial charge in [0.25, 0.3) is 11.8 Å². The molecule has 3 aliphatic heterocycles. The first-order chi connectivity index (χ1) is 36.8. The van der Waals surface area contributed by atoms with Crippen LogP contribution < -0.4 is 18.9 Å². The average Bonchev–Trinajstić information content (AvgIpc) is 4.30. The van der Waals surface area contributed by atoms with Gasteiger partial charge in [-0.05, 0) is 59.7 Å². The number of esters is 1. The SMILES string of the molecule is C.COc1cc(-c2cnc3cc(-c4cnn(CC(=O)O)c4)ccn23)cc2c1C(=O)N(CC(F)(F)F)CO2.COc1cc(-c2cnc3cc(-c4cnn(CC(=O)OC5CCOC5)c4)ccn23)cc2c1C(=O)N(CC(F)(F)F)CO2. The quantitative estimate of drug-likeness (QED) is 0.0872. The monoisotopic (exact) mass is 1090 g/mol. The summed E-state index contributed by atoms with van der Waals surface area (Å²) >= 11 is 0. The Morgan fingerprint density at radius 3 is 1.56 bits per heavy atom. The largest absolute Gasteiger partial charge is 0.496 e. The molecule has 8 aromatic rings. The summed E-state index contributed by atoms with van der Waals surface area (Å²) in [6.07, 6.45) is 4.72. The minimum atomic E-state index is -4.56. The van der Waals surface area contributed by atoms with Crippen molar-refractivity contribution in [2.24, 2.45) is 0 Å². The van der Waals surface area contributed by atoms with Gasteiger partial charge < -0.3 is 33.5 Å². The molecule has 1 N–H and O–H groups in total. The first-order valence-corrected chi connectivity index (χ1v) is 23.2. The molecule has 408 valence electrons. The third kappa shape index (κ3) is 11.3. The number of aromatic nitrogens is 8. The molecule has 1 saturated heterocycles. The number of pyridine rings is 2. The highest BCUT2D eigenvalue weighted by Gasteiger charge is 2.40. The van der Waals surface area contributed by atoms with E-state index in [1.807, 2.05) is 28.8 Å². The lowest BCUT2D eigenvalue weighted by Gasteiger charge is -2.30. The minimum Gasteiger partial charge on any atom is -0.496 e. The summed E-state index contributed by atoms with van der Waals surface area (Å²) in [5.41, 5.74) is 6.59. The number of fused-ring (bicyclic) bond motifs is 4. The van der Waals surface area contributed by atoms with Crippen LogP contribution in [-0.4, -0.2) is 149 Å². The van der Waals surface area contributed by atoms with Gasteiger partial charge in [-0.3, -0.25) is 47.1 Å². The van der Waals surface area contributed by atoms with Crippen molar-refractivity contribution < 1.29 is 79.0 Å². The number of carboxylic acids is 1. The summed E-state index contributed by atoms with van der Waals surface area (Å²) in [4.78, 5) is 58.7. The fraction of sp³-hybridized carbons (Fsp3) is 0.294. The molecule has 0 bridgehead atoms. The van der Waals surface area contributed by atoms with Crippen molar-refractivity contribution in [3.05, 3.63) is 109 Å². The van der Waals surface area contributed by atoms with Gasteiger partial charge in [-0.15, -0.1) is 0 Å². The Labute approximate surface area is 437 Å². The first-order valence-electron chi connectivity index (χ1n) is 23.2. The molecular formula is C51H46F6N10O11. The molecule has 0 spiro atoms. The average molecular weight is 1090 g/mol. The normalized spacial score (nSPS) is 15.2. The standard InChI is InChI=1S/C27H24F3N5O6.C23H18F3N5O5.CH4/c1-38-21-6-17(7-22-25(21)26(37)33(15-40-22)14-27(28,29)30)20-10-31-23-8-16(2-4-35(20)23)18-9-32-34(11-18)12-24(36)41-19-3-5-39-13-19;1-35-17-4-14(5-18-21(17)22(34)29(12-36-18)11-23(24,25)26)16-8-27-19-6-13(2-3-31(16)19)15-7-28-30(9-15)10-20(32)33;/h2,4,6-11,19H,3,5,12-15H2,1H3;2-9H,10-12H2,1H3,(H,32,33);1H4. The lowest BCUT2D eigenvalue weighted by atomic mass is 10.0. The van der Waals surface area contributed by atoms with Gasteiger partial charge in [0.05, 0.1) is 63.6 Å². The zero-order valence-corrected chi connectivity index (χ0v) is 40.4. The Kier molecular flexibility index (Phi) is 14.8. The van der Waals surface area contributed by atoms with E-state index in [0.717, 1.165) is 16.7 Å². The Hall–Kier alpha value is -9.14. The van der Waals surface area contributed by atoms with Crippen LogP contribution in [0.4, 0.5) is 26.3 Å². The second-order valence-electron chi connectivity index (χ2n) is 17.7. The van der Waals surface area contributed by atoms with Gasteiger partial charge in [0, 0.05) is 53.5 Å². The Morgan fingerprint density at radius 1 is 0.667 bits per heavy atom. The summed E-state index contributed by atoms with van der Waals surface area (Å²) in [6.45, 7) is -3.21.